The predicted octanol–water partition coefficient (Wildman–Crippen LogP) is -0.561. The third-order valence-electron chi connectivity index (χ3n) is 1.41. The van der Waals surface area contributed by atoms with E-state index >= 15 is 0 Å². The summed E-state index contributed by atoms with van der Waals surface area (Å²) in [4.78, 5) is 0. The molecule has 0 aromatic rings. The first kappa shape index (κ1) is 6.99. The Balaban J connectivity index is 1.95. The molecule has 0 aromatic carbocycles. The lowest BCUT2D eigenvalue weighted by atomic mass is 10.4. The minimum absolute atomic E-state index is 0.0564. The van der Waals surface area contributed by atoms with Gasteiger partial charge in [0.05, 0.1) is 0 Å². The van der Waals surface area contributed by atoms with Gasteiger partial charge in [0.25, 0.3) is 0 Å². The van der Waals surface area contributed by atoms with Crippen LogP contribution in [0.4, 0.5) is 0 Å². The largest absolute Gasteiger partial charge is 0.396 e. The predicted molar refractivity (Wildman–Crippen MR) is 33.9 cm³/mol. The molecule has 9 heavy (non-hydrogen) atoms. The lowest BCUT2D eigenvalue weighted by Gasteiger charge is -2.08. The van der Waals surface area contributed by atoms with Gasteiger partial charge < -0.3 is 10.2 Å². The van der Waals surface area contributed by atoms with Crippen molar-refractivity contribution in [2.45, 2.75) is 31.5 Å². The van der Waals surface area contributed by atoms with Crippen LogP contribution in [-0.4, -0.2) is 29.1 Å². The van der Waals surface area contributed by atoms with Crippen LogP contribution in [0.2, 0.25) is 0 Å². The Hall–Kier alpha value is -0.120. The summed E-state index contributed by atoms with van der Waals surface area (Å²) in [5.41, 5.74) is 0. The van der Waals surface area contributed by atoms with Gasteiger partial charge in [-0.15, -0.1) is 0 Å². The normalized spacial score (nSPS) is 22.0. The highest BCUT2D eigenvalue weighted by atomic mass is 16.3. The highest BCUT2D eigenvalue weighted by molar-refractivity contribution is 4.81. The van der Waals surface area contributed by atoms with Gasteiger partial charge in [-0.25, -0.2) is 0 Å². The van der Waals surface area contributed by atoms with Crippen LogP contribution >= 0.6 is 0 Å². The zero-order valence-corrected chi connectivity index (χ0v) is 5.38. The summed E-state index contributed by atoms with van der Waals surface area (Å²) in [5.74, 6) is 0. The molecule has 0 radical (unpaired) electrons. The fraction of sp³-hybridized carbons (Fsp3) is 1.00. The summed E-state index contributed by atoms with van der Waals surface area (Å²) in [5, 5.41) is 20.3. The molecule has 0 aromatic heterocycles. The van der Waals surface area contributed by atoms with Crippen LogP contribution in [0.15, 0.2) is 0 Å². The van der Waals surface area contributed by atoms with Gasteiger partial charge in [-0.3, -0.25) is 5.32 Å². The number of nitrogens with one attached hydrogen (secondary N) is 1. The minimum atomic E-state index is -0.498. The average molecular weight is 131 g/mol. The van der Waals surface area contributed by atoms with E-state index in [1.165, 1.54) is 12.8 Å². The van der Waals surface area contributed by atoms with E-state index < -0.39 is 6.23 Å². The standard InChI is InChI=1S/C6H13NO2/c8-4-3-6(9)7-5-1-2-5/h5-9H,1-4H2. The van der Waals surface area contributed by atoms with E-state index in [1.54, 1.807) is 0 Å². The van der Waals surface area contributed by atoms with Crippen LogP contribution < -0.4 is 5.32 Å². The second-order valence-corrected chi connectivity index (χ2v) is 2.47. The maximum Gasteiger partial charge on any atom is 0.107 e. The Morgan fingerprint density at radius 1 is 1.56 bits per heavy atom. The minimum Gasteiger partial charge on any atom is -0.396 e. The van der Waals surface area contributed by atoms with Gasteiger partial charge in [0, 0.05) is 19.1 Å². The van der Waals surface area contributed by atoms with E-state index in [-0.39, 0.29) is 6.61 Å². The fourth-order valence-electron chi connectivity index (χ4n) is 0.728. The molecule has 3 N–H and O–H groups in total. The van der Waals surface area contributed by atoms with Crippen LogP contribution in [0.5, 0.6) is 0 Å². The molecule has 0 saturated heterocycles. The summed E-state index contributed by atoms with van der Waals surface area (Å²) < 4.78 is 0. The van der Waals surface area contributed by atoms with Crippen molar-refractivity contribution < 1.29 is 10.2 Å². The summed E-state index contributed by atoms with van der Waals surface area (Å²) in [7, 11) is 0. The van der Waals surface area contributed by atoms with Gasteiger partial charge in [-0.2, -0.15) is 0 Å². The number of aliphatic hydroxyl groups excluding tert-OH is 2. The van der Waals surface area contributed by atoms with E-state index in [2.05, 4.69) is 5.32 Å². The third kappa shape index (κ3) is 2.79. The molecule has 0 aliphatic heterocycles. The topological polar surface area (TPSA) is 52.5 Å². The van der Waals surface area contributed by atoms with Gasteiger partial charge in [0.1, 0.15) is 6.23 Å². The first-order valence-corrected chi connectivity index (χ1v) is 3.38. The van der Waals surface area contributed by atoms with Crippen molar-refractivity contribution in [3.05, 3.63) is 0 Å². The monoisotopic (exact) mass is 131 g/mol. The van der Waals surface area contributed by atoms with E-state index in [0.717, 1.165) is 0 Å². The molecule has 0 amide bonds. The Bertz CT molecular complexity index is 83.1. The lowest BCUT2D eigenvalue weighted by molar-refractivity contribution is 0.101. The van der Waals surface area contributed by atoms with Gasteiger partial charge >= 0.3 is 0 Å². The molecule has 0 spiro atoms. The number of rotatable bonds is 4. The van der Waals surface area contributed by atoms with Crippen LogP contribution in [0, 0.1) is 0 Å². The first-order valence-electron chi connectivity index (χ1n) is 3.38. The molecule has 1 aliphatic carbocycles. The van der Waals surface area contributed by atoms with Crippen molar-refractivity contribution >= 4 is 0 Å². The first-order chi connectivity index (χ1) is 4.33. The van der Waals surface area contributed by atoms with Crippen molar-refractivity contribution in [3.63, 3.8) is 0 Å². The summed E-state index contributed by atoms with van der Waals surface area (Å²) in [6.45, 7) is 0.0564. The third-order valence-corrected chi connectivity index (χ3v) is 1.41. The van der Waals surface area contributed by atoms with Crippen molar-refractivity contribution in [1.29, 1.82) is 0 Å². The van der Waals surface area contributed by atoms with Gasteiger partial charge in [0.2, 0.25) is 0 Å². The van der Waals surface area contributed by atoms with Crippen molar-refractivity contribution in [2.75, 3.05) is 6.61 Å². The SMILES string of the molecule is OCCC(O)NC1CC1. The molecule has 0 bridgehead atoms. The smallest absolute Gasteiger partial charge is 0.107 e. The molecule has 1 aliphatic rings. The van der Waals surface area contributed by atoms with E-state index in [1.807, 2.05) is 0 Å². The van der Waals surface area contributed by atoms with Gasteiger partial charge in [-0.05, 0) is 12.8 Å². The summed E-state index contributed by atoms with van der Waals surface area (Å²) in [6.07, 6.45) is 2.28. The maximum absolute atomic E-state index is 8.99. The van der Waals surface area contributed by atoms with Gasteiger partial charge in [-0.1, -0.05) is 0 Å². The van der Waals surface area contributed by atoms with Crippen LogP contribution in [0.1, 0.15) is 19.3 Å². The number of hydrogen-bond acceptors (Lipinski definition) is 3. The molecule has 3 nitrogen and oxygen atoms in total. The average Bonchev–Trinajstić information content (AvgIpc) is 2.50. The molecule has 1 rings (SSSR count). The summed E-state index contributed by atoms with van der Waals surface area (Å²) >= 11 is 0. The highest BCUT2D eigenvalue weighted by Gasteiger charge is 2.22. The van der Waals surface area contributed by atoms with E-state index in [0.29, 0.717) is 12.5 Å². The van der Waals surface area contributed by atoms with E-state index in [4.69, 9.17) is 10.2 Å². The molecule has 1 unspecified atom stereocenters. The zero-order chi connectivity index (χ0) is 6.69. The van der Waals surface area contributed by atoms with Crippen LogP contribution in [0.3, 0.4) is 0 Å². The molecule has 0 heterocycles. The van der Waals surface area contributed by atoms with Crippen molar-refractivity contribution in [3.8, 4) is 0 Å². The molecular formula is C6H13NO2. The molecule has 1 fully saturated rings. The van der Waals surface area contributed by atoms with Crippen molar-refractivity contribution in [1.82, 2.24) is 5.32 Å². The fourth-order valence-corrected chi connectivity index (χ4v) is 0.728. The van der Waals surface area contributed by atoms with E-state index in [9.17, 15) is 0 Å². The number of aliphatic hydroxyl groups is 2. The Morgan fingerprint density at radius 2 is 2.22 bits per heavy atom. The maximum atomic E-state index is 8.99. The van der Waals surface area contributed by atoms with Crippen molar-refractivity contribution in [2.24, 2.45) is 0 Å². The molecule has 1 saturated carbocycles. The van der Waals surface area contributed by atoms with Crippen LogP contribution in [-0.2, 0) is 0 Å². The Morgan fingerprint density at radius 3 is 2.67 bits per heavy atom. The second kappa shape index (κ2) is 3.15. The second-order valence-electron chi connectivity index (χ2n) is 2.47. The quantitative estimate of drug-likeness (QED) is 0.448. The van der Waals surface area contributed by atoms with Crippen LogP contribution in [0.25, 0.3) is 0 Å². The molecule has 3 heteroatoms. The summed E-state index contributed by atoms with van der Waals surface area (Å²) in [6, 6.07) is 0.520. The number of hydrogen-bond donors (Lipinski definition) is 3. The van der Waals surface area contributed by atoms with Gasteiger partial charge in [0.15, 0.2) is 0 Å². The zero-order valence-electron chi connectivity index (χ0n) is 5.38. The lowest BCUT2D eigenvalue weighted by Crippen LogP contribution is -2.31. The Labute approximate surface area is 54.7 Å². The molecule has 1 atom stereocenters. The molecular weight excluding hydrogens is 118 g/mol. The molecule has 54 valence electrons. The highest BCUT2D eigenvalue weighted by Crippen LogP contribution is 2.19. The Kier molecular flexibility index (Phi) is 2.45.